The molecular weight excluding hydrogens is 350 g/mol. The predicted octanol–water partition coefficient (Wildman–Crippen LogP) is 5.09. The normalized spacial score (nSPS) is 13.3. The highest BCUT2D eigenvalue weighted by atomic mass is 35.5. The quantitative estimate of drug-likeness (QED) is 0.754. The van der Waals surface area contributed by atoms with Crippen LogP contribution in [0.5, 0.6) is 17.4 Å². The summed E-state index contributed by atoms with van der Waals surface area (Å²) in [6, 6.07) is 6.82. The molecule has 1 aromatic carbocycles. The maximum absolute atomic E-state index is 8.94. The number of hydrogen-bond acceptors (Lipinski definition) is 5. The van der Waals surface area contributed by atoms with E-state index in [9.17, 15) is 0 Å². The van der Waals surface area contributed by atoms with Crippen molar-refractivity contribution in [1.29, 1.82) is 5.26 Å². The lowest BCUT2D eigenvalue weighted by Gasteiger charge is -2.13. The SMILES string of the molecule is COc1c(Oc2ccc(C#N)cc2Cl)ncnc1C1=CCC=C(C)C=C1. The Balaban J connectivity index is 1.98. The van der Waals surface area contributed by atoms with E-state index in [0.29, 0.717) is 27.8 Å². The number of halogens is 1. The molecule has 0 N–H and O–H groups in total. The lowest BCUT2D eigenvalue weighted by Crippen LogP contribution is -2.00. The standard InChI is InChI=1S/C20H16ClN3O2/c1-13-4-3-5-15(8-6-13)18-19(25-2)20(24-12-23-18)26-17-9-7-14(11-22)10-16(17)21/h4-10,12H,3H2,1-2H3. The fourth-order valence-electron chi connectivity index (χ4n) is 2.48. The van der Waals surface area contributed by atoms with Gasteiger partial charge in [0.1, 0.15) is 17.8 Å². The number of benzene rings is 1. The number of hydrogen-bond donors (Lipinski definition) is 0. The average Bonchev–Trinajstić information content (AvgIpc) is 2.87. The second kappa shape index (κ2) is 7.85. The molecule has 0 fully saturated rings. The lowest BCUT2D eigenvalue weighted by molar-refractivity contribution is 0.366. The zero-order valence-corrected chi connectivity index (χ0v) is 15.1. The van der Waals surface area contributed by atoms with Crippen molar-refractivity contribution in [2.45, 2.75) is 13.3 Å². The molecule has 3 rings (SSSR count). The molecule has 0 amide bonds. The fourth-order valence-corrected chi connectivity index (χ4v) is 2.70. The van der Waals surface area contributed by atoms with E-state index in [0.717, 1.165) is 12.0 Å². The highest BCUT2D eigenvalue weighted by molar-refractivity contribution is 6.32. The topological polar surface area (TPSA) is 68.0 Å². The minimum Gasteiger partial charge on any atom is -0.490 e. The van der Waals surface area contributed by atoms with Gasteiger partial charge in [0.15, 0.2) is 0 Å². The molecule has 1 aliphatic carbocycles. The molecule has 0 unspecified atom stereocenters. The first kappa shape index (κ1) is 17.7. The van der Waals surface area contributed by atoms with Crippen LogP contribution in [0.1, 0.15) is 24.6 Å². The molecule has 1 aliphatic rings. The lowest BCUT2D eigenvalue weighted by atomic mass is 10.1. The Bertz CT molecular complexity index is 972. The van der Waals surface area contributed by atoms with Crippen LogP contribution in [0.3, 0.4) is 0 Å². The summed E-state index contributed by atoms with van der Waals surface area (Å²) in [6.45, 7) is 2.05. The van der Waals surface area contributed by atoms with Crippen molar-refractivity contribution in [3.63, 3.8) is 0 Å². The molecule has 0 saturated carbocycles. The number of aromatic nitrogens is 2. The summed E-state index contributed by atoms with van der Waals surface area (Å²) in [5.74, 6) is 1.06. The van der Waals surface area contributed by atoms with Crippen LogP contribution < -0.4 is 9.47 Å². The number of rotatable bonds is 4. The van der Waals surface area contributed by atoms with Gasteiger partial charge in [-0.05, 0) is 31.5 Å². The third-order valence-corrected chi connectivity index (χ3v) is 4.12. The molecule has 5 nitrogen and oxygen atoms in total. The van der Waals surface area contributed by atoms with Crippen molar-refractivity contribution in [3.05, 3.63) is 70.7 Å². The Labute approximate surface area is 156 Å². The predicted molar refractivity (Wildman–Crippen MR) is 100 cm³/mol. The van der Waals surface area contributed by atoms with E-state index in [4.69, 9.17) is 26.3 Å². The minimum atomic E-state index is 0.257. The van der Waals surface area contributed by atoms with Gasteiger partial charge in [-0.1, -0.05) is 41.5 Å². The third kappa shape index (κ3) is 3.76. The Hall–Kier alpha value is -3.10. The maximum Gasteiger partial charge on any atom is 0.266 e. The Morgan fingerprint density at radius 2 is 2.04 bits per heavy atom. The summed E-state index contributed by atoms with van der Waals surface area (Å²) in [4.78, 5) is 8.53. The molecule has 6 heteroatoms. The molecule has 0 atom stereocenters. The van der Waals surface area contributed by atoms with Gasteiger partial charge in [-0.2, -0.15) is 10.2 Å². The Morgan fingerprint density at radius 1 is 1.19 bits per heavy atom. The van der Waals surface area contributed by atoms with Crippen LogP contribution in [0.4, 0.5) is 0 Å². The van der Waals surface area contributed by atoms with E-state index in [1.807, 2.05) is 25.1 Å². The molecule has 0 aliphatic heterocycles. The van der Waals surface area contributed by atoms with Crippen molar-refractivity contribution in [2.24, 2.45) is 0 Å². The largest absolute Gasteiger partial charge is 0.490 e. The second-order valence-corrected chi connectivity index (χ2v) is 6.00. The van der Waals surface area contributed by atoms with Gasteiger partial charge in [0, 0.05) is 5.57 Å². The van der Waals surface area contributed by atoms with Gasteiger partial charge in [-0.25, -0.2) is 4.98 Å². The van der Waals surface area contributed by atoms with Gasteiger partial charge in [-0.3, -0.25) is 0 Å². The van der Waals surface area contributed by atoms with Gasteiger partial charge in [0.2, 0.25) is 5.75 Å². The molecular formula is C20H16ClN3O2. The monoisotopic (exact) mass is 365 g/mol. The van der Waals surface area contributed by atoms with E-state index in [2.05, 4.69) is 22.1 Å². The molecule has 26 heavy (non-hydrogen) atoms. The molecule has 0 radical (unpaired) electrons. The van der Waals surface area contributed by atoms with E-state index < -0.39 is 0 Å². The molecule has 2 aromatic rings. The summed E-state index contributed by atoms with van der Waals surface area (Å²) in [5, 5.41) is 9.26. The molecule has 0 spiro atoms. The van der Waals surface area contributed by atoms with Crippen LogP contribution in [0.2, 0.25) is 5.02 Å². The van der Waals surface area contributed by atoms with Crippen LogP contribution in [0, 0.1) is 11.3 Å². The van der Waals surface area contributed by atoms with Gasteiger partial charge < -0.3 is 9.47 Å². The number of nitrogens with zero attached hydrogens (tertiary/aromatic N) is 3. The van der Waals surface area contributed by atoms with Gasteiger partial charge in [-0.15, -0.1) is 0 Å². The Kier molecular flexibility index (Phi) is 5.35. The molecule has 0 saturated heterocycles. The number of ether oxygens (including phenoxy) is 2. The van der Waals surface area contributed by atoms with Gasteiger partial charge in [0.05, 0.1) is 23.8 Å². The summed E-state index contributed by atoms with van der Waals surface area (Å²) in [7, 11) is 1.54. The van der Waals surface area contributed by atoms with Crippen molar-refractivity contribution in [3.8, 4) is 23.4 Å². The van der Waals surface area contributed by atoms with Crippen LogP contribution in [0.25, 0.3) is 5.57 Å². The third-order valence-electron chi connectivity index (χ3n) is 3.82. The highest BCUT2D eigenvalue weighted by Gasteiger charge is 2.18. The zero-order chi connectivity index (χ0) is 18.5. The minimum absolute atomic E-state index is 0.257. The first-order valence-electron chi connectivity index (χ1n) is 7.94. The summed E-state index contributed by atoms with van der Waals surface area (Å²) >= 11 is 6.19. The average molecular weight is 366 g/mol. The van der Waals surface area contributed by atoms with Crippen LogP contribution in [0.15, 0.2) is 54.4 Å². The van der Waals surface area contributed by atoms with Crippen molar-refractivity contribution >= 4 is 17.2 Å². The highest BCUT2D eigenvalue weighted by Crippen LogP contribution is 2.37. The summed E-state index contributed by atoms with van der Waals surface area (Å²) in [6.07, 6.45) is 10.4. The zero-order valence-electron chi connectivity index (χ0n) is 14.4. The summed E-state index contributed by atoms with van der Waals surface area (Å²) in [5.41, 5.74) is 3.20. The number of methoxy groups -OCH3 is 1. The van der Waals surface area contributed by atoms with Crippen molar-refractivity contribution < 1.29 is 9.47 Å². The van der Waals surface area contributed by atoms with Crippen LogP contribution in [-0.4, -0.2) is 17.1 Å². The van der Waals surface area contributed by atoms with E-state index in [1.54, 1.807) is 19.2 Å². The van der Waals surface area contributed by atoms with Crippen molar-refractivity contribution in [2.75, 3.05) is 7.11 Å². The molecule has 1 heterocycles. The molecule has 1 aromatic heterocycles. The number of allylic oxidation sites excluding steroid dienone is 6. The number of nitriles is 1. The first-order valence-corrected chi connectivity index (χ1v) is 8.32. The maximum atomic E-state index is 8.94. The van der Waals surface area contributed by atoms with E-state index in [1.165, 1.54) is 18.0 Å². The van der Waals surface area contributed by atoms with Crippen LogP contribution >= 0.6 is 11.6 Å². The van der Waals surface area contributed by atoms with Gasteiger partial charge in [0.25, 0.3) is 5.88 Å². The smallest absolute Gasteiger partial charge is 0.266 e. The van der Waals surface area contributed by atoms with Crippen LogP contribution in [-0.2, 0) is 0 Å². The van der Waals surface area contributed by atoms with E-state index >= 15 is 0 Å². The second-order valence-electron chi connectivity index (χ2n) is 5.60. The van der Waals surface area contributed by atoms with Gasteiger partial charge >= 0.3 is 0 Å². The van der Waals surface area contributed by atoms with Crippen molar-refractivity contribution in [1.82, 2.24) is 9.97 Å². The summed E-state index contributed by atoms with van der Waals surface area (Å²) < 4.78 is 11.3. The Morgan fingerprint density at radius 3 is 2.77 bits per heavy atom. The fraction of sp³-hybridized carbons (Fsp3) is 0.150. The molecule has 0 bridgehead atoms. The van der Waals surface area contributed by atoms with E-state index in [-0.39, 0.29) is 5.88 Å². The molecule has 130 valence electrons. The first-order chi connectivity index (χ1) is 12.6.